The Morgan fingerprint density at radius 3 is 2.29 bits per heavy atom. The van der Waals surface area contributed by atoms with Crippen molar-refractivity contribution in [1.29, 1.82) is 0 Å². The van der Waals surface area contributed by atoms with Gasteiger partial charge in [0.1, 0.15) is 0 Å². The third kappa shape index (κ3) is 4.09. The first-order chi connectivity index (χ1) is 8.14. The van der Waals surface area contributed by atoms with Gasteiger partial charge in [0.05, 0.1) is 6.61 Å². The van der Waals surface area contributed by atoms with Crippen molar-refractivity contribution < 1.29 is 5.11 Å². The summed E-state index contributed by atoms with van der Waals surface area (Å²) in [6, 6.07) is 6.10. The van der Waals surface area contributed by atoms with E-state index >= 15 is 0 Å². The van der Waals surface area contributed by atoms with Crippen molar-refractivity contribution in [3.8, 4) is 0 Å². The minimum Gasteiger partial charge on any atom is -0.394 e. The van der Waals surface area contributed by atoms with Crippen LogP contribution in [0.1, 0.15) is 38.8 Å². The molecule has 3 heteroatoms. The van der Waals surface area contributed by atoms with Crippen LogP contribution in [0, 0.1) is 0 Å². The molecular formula is C14H24BrNO. The van der Waals surface area contributed by atoms with Crippen molar-refractivity contribution in [2.75, 3.05) is 6.61 Å². The third-order valence-electron chi connectivity index (χ3n) is 2.60. The Labute approximate surface area is 113 Å². The highest BCUT2D eigenvalue weighted by molar-refractivity contribution is 9.10. The second kappa shape index (κ2) is 7.85. The number of hydrogen-bond donors (Lipinski definition) is 2. The van der Waals surface area contributed by atoms with Crippen LogP contribution >= 0.6 is 15.9 Å². The lowest BCUT2D eigenvalue weighted by Gasteiger charge is -2.19. The van der Waals surface area contributed by atoms with Crippen molar-refractivity contribution in [3.05, 3.63) is 33.8 Å². The zero-order valence-electron chi connectivity index (χ0n) is 11.3. The van der Waals surface area contributed by atoms with Gasteiger partial charge in [-0.2, -0.15) is 0 Å². The summed E-state index contributed by atoms with van der Waals surface area (Å²) >= 11 is 3.49. The molecule has 0 spiro atoms. The molecule has 0 radical (unpaired) electrons. The van der Waals surface area contributed by atoms with Gasteiger partial charge in [-0.05, 0) is 30.0 Å². The van der Waals surface area contributed by atoms with Crippen LogP contribution in [0.25, 0.3) is 0 Å². The molecule has 3 N–H and O–H groups in total. The fraction of sp³-hybridized carbons (Fsp3) is 0.571. The van der Waals surface area contributed by atoms with Crippen molar-refractivity contribution in [2.24, 2.45) is 5.73 Å². The van der Waals surface area contributed by atoms with E-state index in [2.05, 4.69) is 22.0 Å². The van der Waals surface area contributed by atoms with Crippen molar-refractivity contribution in [2.45, 2.75) is 46.1 Å². The molecule has 0 bridgehead atoms. The summed E-state index contributed by atoms with van der Waals surface area (Å²) in [6.45, 7) is 8.05. The van der Waals surface area contributed by atoms with Crippen LogP contribution in [-0.4, -0.2) is 17.3 Å². The molecule has 98 valence electrons. The number of nitrogens with two attached hydrogens (primary N) is 1. The van der Waals surface area contributed by atoms with Crippen LogP contribution in [-0.2, 0) is 12.8 Å². The molecule has 1 aliphatic carbocycles. The monoisotopic (exact) mass is 301 g/mol. The first kappa shape index (κ1) is 16.6. The molecule has 2 nitrogen and oxygen atoms in total. The van der Waals surface area contributed by atoms with Gasteiger partial charge in [-0.3, -0.25) is 0 Å². The summed E-state index contributed by atoms with van der Waals surface area (Å²) in [7, 11) is 0. The minimum absolute atomic E-state index is 0.0497. The molecule has 0 fully saturated rings. The predicted octanol–water partition coefficient (Wildman–Crippen LogP) is 3.29. The highest BCUT2D eigenvalue weighted by Gasteiger charge is 2.33. The van der Waals surface area contributed by atoms with Gasteiger partial charge in [-0.15, -0.1) is 0 Å². The van der Waals surface area contributed by atoms with Gasteiger partial charge < -0.3 is 10.8 Å². The fourth-order valence-electron chi connectivity index (χ4n) is 1.87. The summed E-state index contributed by atoms with van der Waals surface area (Å²) in [5, 5.41) is 9.15. The summed E-state index contributed by atoms with van der Waals surface area (Å²) in [5.41, 5.74) is 8.07. The second-order valence-electron chi connectivity index (χ2n) is 3.75. The molecule has 1 aliphatic rings. The Morgan fingerprint density at radius 1 is 1.24 bits per heavy atom. The number of aliphatic hydroxyl groups is 1. The number of hydrogen-bond acceptors (Lipinski definition) is 2. The van der Waals surface area contributed by atoms with E-state index in [1.165, 1.54) is 11.1 Å². The molecule has 0 heterocycles. The van der Waals surface area contributed by atoms with Crippen LogP contribution < -0.4 is 5.73 Å². The lowest BCUT2D eigenvalue weighted by Crippen LogP contribution is -2.44. The Balaban J connectivity index is 0.000000581. The summed E-state index contributed by atoms with van der Waals surface area (Å²) in [5.74, 6) is 0. The molecule has 0 aromatic heterocycles. The van der Waals surface area contributed by atoms with Gasteiger partial charge in [-0.1, -0.05) is 55.8 Å². The molecule has 1 aromatic carbocycles. The lowest BCUT2D eigenvalue weighted by molar-refractivity contribution is 0.202. The Hall–Kier alpha value is -0.380. The fourth-order valence-corrected chi connectivity index (χ4v) is 2.42. The number of benzene rings is 1. The Morgan fingerprint density at radius 2 is 1.82 bits per heavy atom. The standard InChI is InChI=1S/C10H12BrNO.2C2H6/c11-9-3-1-2-7-4-10(12,6-13)5-8(7)9;2*1-2/h1-3,13H,4-6,12H2;2*1-2H3. The van der Waals surface area contributed by atoms with Gasteiger partial charge in [-0.25, -0.2) is 0 Å². The topological polar surface area (TPSA) is 46.2 Å². The second-order valence-corrected chi connectivity index (χ2v) is 4.61. The van der Waals surface area contributed by atoms with E-state index in [9.17, 15) is 0 Å². The van der Waals surface area contributed by atoms with E-state index < -0.39 is 5.54 Å². The summed E-state index contributed by atoms with van der Waals surface area (Å²) in [6.07, 6.45) is 1.54. The molecular weight excluding hydrogens is 278 g/mol. The molecule has 0 saturated heterocycles. The van der Waals surface area contributed by atoms with Crippen LogP contribution in [0.3, 0.4) is 0 Å². The largest absolute Gasteiger partial charge is 0.394 e. The predicted molar refractivity (Wildman–Crippen MR) is 78.3 cm³/mol. The van der Waals surface area contributed by atoms with Crippen LogP contribution in [0.2, 0.25) is 0 Å². The Kier molecular flexibility index (Phi) is 7.68. The van der Waals surface area contributed by atoms with E-state index in [0.29, 0.717) is 0 Å². The molecule has 1 aromatic rings. The van der Waals surface area contributed by atoms with E-state index in [-0.39, 0.29) is 6.61 Å². The zero-order chi connectivity index (χ0) is 13.5. The van der Waals surface area contributed by atoms with Crippen LogP contribution in [0.5, 0.6) is 0 Å². The molecule has 17 heavy (non-hydrogen) atoms. The molecule has 0 saturated carbocycles. The van der Waals surface area contributed by atoms with Crippen LogP contribution in [0.4, 0.5) is 0 Å². The smallest absolute Gasteiger partial charge is 0.0617 e. The maximum Gasteiger partial charge on any atom is 0.0617 e. The van der Waals surface area contributed by atoms with Gasteiger partial charge in [0, 0.05) is 10.0 Å². The lowest BCUT2D eigenvalue weighted by atomic mass is 9.99. The van der Waals surface area contributed by atoms with Gasteiger partial charge in [0.2, 0.25) is 0 Å². The van der Waals surface area contributed by atoms with Crippen molar-refractivity contribution in [3.63, 3.8) is 0 Å². The number of rotatable bonds is 1. The first-order valence-electron chi connectivity index (χ1n) is 6.31. The highest BCUT2D eigenvalue weighted by Crippen LogP contribution is 2.33. The Bertz CT molecular complexity index is 341. The number of aliphatic hydroxyl groups excluding tert-OH is 1. The van der Waals surface area contributed by atoms with E-state index in [0.717, 1.165) is 17.3 Å². The van der Waals surface area contributed by atoms with Gasteiger partial charge in [0.25, 0.3) is 0 Å². The minimum atomic E-state index is -0.438. The average Bonchev–Trinajstić information content (AvgIpc) is 2.74. The quantitative estimate of drug-likeness (QED) is 0.836. The van der Waals surface area contributed by atoms with Crippen LogP contribution in [0.15, 0.2) is 22.7 Å². The SMILES string of the molecule is CC.CC.NC1(CO)Cc2cccc(Br)c2C1. The van der Waals surface area contributed by atoms with Gasteiger partial charge >= 0.3 is 0 Å². The summed E-state index contributed by atoms with van der Waals surface area (Å²) in [4.78, 5) is 0. The van der Waals surface area contributed by atoms with E-state index in [1.54, 1.807) is 0 Å². The van der Waals surface area contributed by atoms with Crippen molar-refractivity contribution >= 4 is 15.9 Å². The van der Waals surface area contributed by atoms with E-state index in [1.807, 2.05) is 39.8 Å². The maximum atomic E-state index is 9.15. The maximum absolute atomic E-state index is 9.15. The average molecular weight is 302 g/mol. The number of fused-ring (bicyclic) bond motifs is 1. The third-order valence-corrected chi connectivity index (χ3v) is 3.35. The van der Waals surface area contributed by atoms with E-state index in [4.69, 9.17) is 10.8 Å². The van der Waals surface area contributed by atoms with Crippen molar-refractivity contribution in [1.82, 2.24) is 0 Å². The molecule has 0 amide bonds. The summed E-state index contributed by atoms with van der Waals surface area (Å²) < 4.78 is 1.10. The number of halogens is 1. The molecule has 1 unspecified atom stereocenters. The first-order valence-corrected chi connectivity index (χ1v) is 7.10. The molecule has 2 rings (SSSR count). The molecule has 1 atom stereocenters. The zero-order valence-corrected chi connectivity index (χ0v) is 12.8. The molecule has 0 aliphatic heterocycles. The van der Waals surface area contributed by atoms with Gasteiger partial charge in [0.15, 0.2) is 0 Å². The normalized spacial score (nSPS) is 20.6. The highest BCUT2D eigenvalue weighted by atomic mass is 79.9.